The van der Waals surface area contributed by atoms with Crippen molar-refractivity contribution >= 4 is 0 Å². The summed E-state index contributed by atoms with van der Waals surface area (Å²) in [5, 5.41) is 6.86. The smallest absolute Gasteiger partial charge is 0.00617 e. The van der Waals surface area contributed by atoms with Gasteiger partial charge in [-0.3, -0.25) is 0 Å². The van der Waals surface area contributed by atoms with Crippen molar-refractivity contribution in [3.8, 4) is 0 Å². The third kappa shape index (κ3) is 13.1. The Kier molecular flexibility index (Phi) is 13.1. The van der Waals surface area contributed by atoms with Crippen molar-refractivity contribution in [1.29, 1.82) is 0 Å². The van der Waals surface area contributed by atoms with Crippen LogP contribution in [0.5, 0.6) is 0 Å². The highest BCUT2D eigenvalue weighted by Crippen LogP contribution is 2.16. The van der Waals surface area contributed by atoms with E-state index in [4.69, 9.17) is 0 Å². The van der Waals surface area contributed by atoms with E-state index in [-0.39, 0.29) is 0 Å². The number of allylic oxidation sites excluding steroid dienone is 2. The van der Waals surface area contributed by atoms with Gasteiger partial charge >= 0.3 is 0 Å². The van der Waals surface area contributed by atoms with E-state index in [1.165, 1.54) is 57.3 Å². The minimum atomic E-state index is 0.673. The molecular weight excluding hydrogens is 256 g/mol. The first-order valence-electron chi connectivity index (χ1n) is 9.04. The zero-order valence-corrected chi connectivity index (χ0v) is 15.5. The molecule has 1 aliphatic heterocycles. The van der Waals surface area contributed by atoms with Crippen molar-refractivity contribution in [3.05, 3.63) is 11.6 Å². The van der Waals surface area contributed by atoms with Gasteiger partial charge < -0.3 is 10.6 Å². The zero-order valence-electron chi connectivity index (χ0n) is 15.5. The molecule has 0 amide bonds. The maximum atomic E-state index is 3.48. The summed E-state index contributed by atoms with van der Waals surface area (Å²) in [5.74, 6) is 1.71. The van der Waals surface area contributed by atoms with Crippen LogP contribution in [-0.2, 0) is 0 Å². The molecule has 1 fully saturated rings. The van der Waals surface area contributed by atoms with Gasteiger partial charge in [0, 0.05) is 6.04 Å². The van der Waals surface area contributed by atoms with Crippen molar-refractivity contribution < 1.29 is 0 Å². The van der Waals surface area contributed by atoms with Gasteiger partial charge in [0.25, 0.3) is 0 Å². The molecule has 1 atom stereocenters. The molecule has 0 bridgehead atoms. The first kappa shape index (κ1) is 20.7. The molecule has 0 aliphatic carbocycles. The average molecular weight is 297 g/mol. The summed E-state index contributed by atoms with van der Waals surface area (Å²) in [6.07, 6.45) is 8.99. The van der Waals surface area contributed by atoms with Crippen LogP contribution >= 0.6 is 0 Å². The zero-order chi connectivity index (χ0) is 16.1. The standard InChI is InChI=1S/C10H19N.C9H21N/c1-9(2)3-4-10-5-7-11-8-6-10;1-5-6-7-10-9(4)8(2)3/h3,10-11H,4-8H2,1-2H3;8-10H,5-7H2,1-4H3. The summed E-state index contributed by atoms with van der Waals surface area (Å²) < 4.78 is 0. The Labute approximate surface area is 134 Å². The SMILES string of the molecule is CC(C)=CCC1CCNCC1.CCCCNC(C)C(C)C. The fourth-order valence-electron chi connectivity index (χ4n) is 2.26. The Hall–Kier alpha value is -0.340. The van der Waals surface area contributed by atoms with Crippen LogP contribution in [-0.4, -0.2) is 25.7 Å². The van der Waals surface area contributed by atoms with E-state index >= 15 is 0 Å². The molecule has 0 aromatic heterocycles. The maximum absolute atomic E-state index is 3.48. The van der Waals surface area contributed by atoms with E-state index in [0.29, 0.717) is 6.04 Å². The Balaban J connectivity index is 0.000000384. The predicted molar refractivity (Wildman–Crippen MR) is 96.9 cm³/mol. The lowest BCUT2D eigenvalue weighted by Crippen LogP contribution is -2.31. The highest BCUT2D eigenvalue weighted by atomic mass is 14.9. The van der Waals surface area contributed by atoms with E-state index in [2.05, 4.69) is 58.3 Å². The molecule has 0 aromatic carbocycles. The number of rotatable bonds is 7. The van der Waals surface area contributed by atoms with Crippen LogP contribution in [0.25, 0.3) is 0 Å². The third-order valence-corrected chi connectivity index (χ3v) is 4.31. The molecular formula is C19H40N2. The van der Waals surface area contributed by atoms with Crippen molar-refractivity contribution in [1.82, 2.24) is 10.6 Å². The lowest BCUT2D eigenvalue weighted by atomic mass is 9.94. The van der Waals surface area contributed by atoms with Gasteiger partial charge in [0.1, 0.15) is 0 Å². The molecule has 1 heterocycles. The first-order valence-corrected chi connectivity index (χ1v) is 9.04. The van der Waals surface area contributed by atoms with Crippen molar-refractivity contribution in [3.63, 3.8) is 0 Å². The first-order chi connectivity index (χ1) is 9.97. The van der Waals surface area contributed by atoms with Gasteiger partial charge in [0.15, 0.2) is 0 Å². The molecule has 1 unspecified atom stereocenters. The molecule has 0 spiro atoms. The second-order valence-electron chi connectivity index (χ2n) is 7.05. The molecule has 21 heavy (non-hydrogen) atoms. The topological polar surface area (TPSA) is 24.1 Å². The lowest BCUT2D eigenvalue weighted by Gasteiger charge is -2.21. The van der Waals surface area contributed by atoms with Crippen molar-refractivity contribution in [2.24, 2.45) is 11.8 Å². The monoisotopic (exact) mass is 296 g/mol. The van der Waals surface area contributed by atoms with E-state index < -0.39 is 0 Å². The van der Waals surface area contributed by atoms with Gasteiger partial charge in [-0.05, 0) is 77.9 Å². The Bertz CT molecular complexity index is 248. The Morgan fingerprint density at radius 1 is 1.19 bits per heavy atom. The normalized spacial score (nSPS) is 17.1. The molecule has 0 aromatic rings. The minimum absolute atomic E-state index is 0.673. The van der Waals surface area contributed by atoms with Gasteiger partial charge in [-0.15, -0.1) is 0 Å². The second kappa shape index (κ2) is 13.3. The second-order valence-corrected chi connectivity index (χ2v) is 7.05. The van der Waals surface area contributed by atoms with E-state index in [1.807, 2.05) is 0 Å². The number of hydrogen-bond donors (Lipinski definition) is 2. The molecule has 1 rings (SSSR count). The van der Waals surface area contributed by atoms with Crippen LogP contribution in [0.4, 0.5) is 0 Å². The summed E-state index contributed by atoms with van der Waals surface area (Å²) in [6, 6.07) is 0.673. The van der Waals surface area contributed by atoms with Gasteiger partial charge in [0.05, 0.1) is 0 Å². The summed E-state index contributed by atoms with van der Waals surface area (Å²) >= 11 is 0. The molecule has 0 radical (unpaired) electrons. The van der Waals surface area contributed by atoms with Gasteiger partial charge in [-0.1, -0.05) is 38.8 Å². The van der Waals surface area contributed by atoms with Gasteiger partial charge in [-0.2, -0.15) is 0 Å². The van der Waals surface area contributed by atoms with E-state index in [0.717, 1.165) is 11.8 Å². The summed E-state index contributed by atoms with van der Waals surface area (Å²) in [4.78, 5) is 0. The molecule has 2 nitrogen and oxygen atoms in total. The fourth-order valence-corrected chi connectivity index (χ4v) is 2.26. The van der Waals surface area contributed by atoms with Crippen LogP contribution < -0.4 is 10.6 Å². The predicted octanol–water partition coefficient (Wildman–Crippen LogP) is 4.76. The van der Waals surface area contributed by atoms with Crippen molar-refractivity contribution in [2.75, 3.05) is 19.6 Å². The quantitative estimate of drug-likeness (QED) is 0.522. The maximum Gasteiger partial charge on any atom is 0.00617 e. The molecule has 2 heteroatoms. The molecule has 1 saturated heterocycles. The lowest BCUT2D eigenvalue weighted by molar-refractivity contribution is 0.377. The highest BCUT2D eigenvalue weighted by Gasteiger charge is 2.10. The molecule has 2 N–H and O–H groups in total. The average Bonchev–Trinajstić information content (AvgIpc) is 2.47. The fraction of sp³-hybridized carbons (Fsp3) is 0.895. The van der Waals surface area contributed by atoms with Gasteiger partial charge in [-0.25, -0.2) is 0 Å². The van der Waals surface area contributed by atoms with Crippen LogP contribution in [0.3, 0.4) is 0 Å². The number of unbranched alkanes of at least 4 members (excludes halogenated alkanes) is 1. The highest BCUT2D eigenvalue weighted by molar-refractivity contribution is 4.94. The van der Waals surface area contributed by atoms with Crippen molar-refractivity contribution in [2.45, 2.75) is 79.7 Å². The number of nitrogens with one attached hydrogen (secondary N) is 2. The minimum Gasteiger partial charge on any atom is -0.317 e. The van der Waals surface area contributed by atoms with E-state index in [9.17, 15) is 0 Å². The molecule has 0 saturated carbocycles. The summed E-state index contributed by atoms with van der Waals surface area (Å²) in [5.41, 5.74) is 1.46. The summed E-state index contributed by atoms with van der Waals surface area (Å²) in [7, 11) is 0. The van der Waals surface area contributed by atoms with Crippen LogP contribution in [0.2, 0.25) is 0 Å². The van der Waals surface area contributed by atoms with Crippen LogP contribution in [0, 0.1) is 11.8 Å². The number of piperidine rings is 1. The Morgan fingerprint density at radius 2 is 1.81 bits per heavy atom. The molecule has 126 valence electrons. The van der Waals surface area contributed by atoms with E-state index in [1.54, 1.807) is 0 Å². The van der Waals surface area contributed by atoms with Crippen LogP contribution in [0.15, 0.2) is 11.6 Å². The van der Waals surface area contributed by atoms with Crippen LogP contribution in [0.1, 0.15) is 73.6 Å². The largest absolute Gasteiger partial charge is 0.317 e. The molecule has 1 aliphatic rings. The summed E-state index contributed by atoms with van der Waals surface area (Å²) in [6.45, 7) is 17.0. The number of hydrogen-bond acceptors (Lipinski definition) is 2. The Morgan fingerprint density at radius 3 is 2.29 bits per heavy atom. The third-order valence-electron chi connectivity index (χ3n) is 4.31. The van der Waals surface area contributed by atoms with Gasteiger partial charge in [0.2, 0.25) is 0 Å².